The summed E-state index contributed by atoms with van der Waals surface area (Å²) < 4.78 is 0. The smallest absolute Gasteiger partial charge is 0.265 e. The van der Waals surface area contributed by atoms with E-state index >= 15 is 0 Å². The van der Waals surface area contributed by atoms with E-state index in [1.807, 2.05) is 38.1 Å². The maximum atomic E-state index is 12.2. The molecule has 5 heteroatoms. The number of hydrogen-bond acceptors (Lipinski definition) is 3. The van der Waals surface area contributed by atoms with Crippen LogP contribution in [0.25, 0.3) is 0 Å². The second kappa shape index (κ2) is 5.69. The number of anilines is 1. The van der Waals surface area contributed by atoms with E-state index in [0.29, 0.717) is 17.7 Å². The molecule has 0 saturated carbocycles. The fourth-order valence-electron chi connectivity index (χ4n) is 2.04. The number of allylic oxidation sites excluding steroid dienone is 2. The zero-order chi connectivity index (χ0) is 14.7. The largest absolute Gasteiger partial charge is 0.322 e. The van der Waals surface area contributed by atoms with Crippen molar-refractivity contribution in [2.24, 2.45) is 5.92 Å². The molecule has 1 atom stereocenters. The third-order valence-corrected chi connectivity index (χ3v) is 3.30. The molecular formula is C15H16N2O3. The zero-order valence-corrected chi connectivity index (χ0v) is 11.4. The summed E-state index contributed by atoms with van der Waals surface area (Å²) >= 11 is 0. The lowest BCUT2D eigenvalue weighted by atomic mass is 9.91. The molecule has 1 aliphatic carbocycles. The van der Waals surface area contributed by atoms with Gasteiger partial charge in [0.25, 0.3) is 11.6 Å². The standard InChI is InChI=1S/C15H16N2O3/c1-10-3-6-12(7-4-10)16-15(18)14-9-13(17(19)20)8-5-11(14)2/h3-4,6-9,11H,5H2,1-2H3,(H,16,18). The van der Waals surface area contributed by atoms with E-state index in [1.165, 1.54) is 6.08 Å². The molecular weight excluding hydrogens is 256 g/mol. The molecule has 20 heavy (non-hydrogen) atoms. The average Bonchev–Trinajstić information content (AvgIpc) is 2.41. The third-order valence-electron chi connectivity index (χ3n) is 3.30. The van der Waals surface area contributed by atoms with Gasteiger partial charge in [0, 0.05) is 17.3 Å². The number of hydrogen-bond donors (Lipinski definition) is 1. The Morgan fingerprint density at radius 2 is 2.00 bits per heavy atom. The monoisotopic (exact) mass is 272 g/mol. The Labute approximate surface area is 117 Å². The van der Waals surface area contributed by atoms with Crippen molar-refractivity contribution >= 4 is 11.6 Å². The van der Waals surface area contributed by atoms with Gasteiger partial charge in [0.1, 0.15) is 0 Å². The first kappa shape index (κ1) is 14.0. The molecule has 1 aromatic rings. The molecule has 1 amide bonds. The summed E-state index contributed by atoms with van der Waals surface area (Å²) in [6.07, 6.45) is 3.41. The van der Waals surface area contributed by atoms with Gasteiger partial charge >= 0.3 is 0 Å². The molecule has 0 bridgehead atoms. The van der Waals surface area contributed by atoms with Crippen molar-refractivity contribution in [1.82, 2.24) is 0 Å². The summed E-state index contributed by atoms with van der Waals surface area (Å²) in [6, 6.07) is 7.42. The molecule has 2 rings (SSSR count). The van der Waals surface area contributed by atoms with E-state index < -0.39 is 4.92 Å². The van der Waals surface area contributed by atoms with E-state index in [-0.39, 0.29) is 17.5 Å². The van der Waals surface area contributed by atoms with Crippen molar-refractivity contribution in [3.8, 4) is 0 Å². The number of nitrogens with zero attached hydrogens (tertiary/aromatic N) is 1. The highest BCUT2D eigenvalue weighted by molar-refractivity contribution is 6.04. The van der Waals surface area contributed by atoms with Crippen molar-refractivity contribution in [3.05, 3.63) is 63.4 Å². The minimum Gasteiger partial charge on any atom is -0.322 e. The Morgan fingerprint density at radius 3 is 2.60 bits per heavy atom. The number of nitrogens with one attached hydrogen (secondary N) is 1. The van der Waals surface area contributed by atoms with Gasteiger partial charge in [-0.2, -0.15) is 0 Å². The summed E-state index contributed by atoms with van der Waals surface area (Å²) in [5.74, 6) is -0.307. The molecule has 1 unspecified atom stereocenters. The van der Waals surface area contributed by atoms with Crippen LogP contribution in [0.3, 0.4) is 0 Å². The molecule has 0 aromatic heterocycles. The molecule has 1 aromatic carbocycles. The lowest BCUT2D eigenvalue weighted by molar-refractivity contribution is -0.419. The van der Waals surface area contributed by atoms with Gasteiger partial charge in [-0.1, -0.05) is 24.6 Å². The topological polar surface area (TPSA) is 72.2 Å². The van der Waals surface area contributed by atoms with Gasteiger partial charge in [0.15, 0.2) is 0 Å². The number of rotatable bonds is 3. The number of aryl methyl sites for hydroxylation is 1. The van der Waals surface area contributed by atoms with Crippen molar-refractivity contribution in [2.45, 2.75) is 20.3 Å². The molecule has 0 radical (unpaired) electrons. The zero-order valence-electron chi connectivity index (χ0n) is 11.4. The molecule has 0 saturated heterocycles. The average molecular weight is 272 g/mol. The van der Waals surface area contributed by atoms with Gasteiger partial charge in [-0.05, 0) is 37.5 Å². The maximum Gasteiger partial charge on any atom is 0.265 e. The maximum absolute atomic E-state index is 12.2. The highest BCUT2D eigenvalue weighted by Gasteiger charge is 2.24. The van der Waals surface area contributed by atoms with Gasteiger partial charge in [-0.15, -0.1) is 0 Å². The second-order valence-electron chi connectivity index (χ2n) is 4.94. The van der Waals surface area contributed by atoms with Crippen LogP contribution < -0.4 is 5.32 Å². The van der Waals surface area contributed by atoms with Crippen LogP contribution in [0.1, 0.15) is 18.9 Å². The predicted molar refractivity (Wildman–Crippen MR) is 76.8 cm³/mol. The highest BCUT2D eigenvalue weighted by atomic mass is 16.6. The molecule has 104 valence electrons. The normalized spacial score (nSPS) is 18.0. The molecule has 1 aliphatic rings. The van der Waals surface area contributed by atoms with E-state index in [9.17, 15) is 14.9 Å². The van der Waals surface area contributed by atoms with E-state index in [1.54, 1.807) is 6.08 Å². The Morgan fingerprint density at radius 1 is 1.35 bits per heavy atom. The molecule has 5 nitrogen and oxygen atoms in total. The fourth-order valence-corrected chi connectivity index (χ4v) is 2.04. The molecule has 0 aliphatic heterocycles. The number of carbonyl (C=O) groups is 1. The lowest BCUT2D eigenvalue weighted by Crippen LogP contribution is -2.21. The van der Waals surface area contributed by atoms with Crippen molar-refractivity contribution in [1.29, 1.82) is 0 Å². The number of amides is 1. The first-order valence-electron chi connectivity index (χ1n) is 6.41. The lowest BCUT2D eigenvalue weighted by Gasteiger charge is -2.17. The molecule has 1 N–H and O–H groups in total. The Bertz CT molecular complexity index is 600. The van der Waals surface area contributed by atoms with Gasteiger partial charge < -0.3 is 5.32 Å². The Kier molecular flexibility index (Phi) is 3.98. The van der Waals surface area contributed by atoms with Gasteiger partial charge in [-0.25, -0.2) is 0 Å². The predicted octanol–water partition coefficient (Wildman–Crippen LogP) is 3.06. The number of carbonyl (C=O) groups excluding carboxylic acids is 1. The van der Waals surface area contributed by atoms with E-state index in [2.05, 4.69) is 5.32 Å². The van der Waals surface area contributed by atoms with Crippen LogP contribution in [0.2, 0.25) is 0 Å². The minimum atomic E-state index is -0.467. The number of benzene rings is 1. The SMILES string of the molecule is Cc1ccc(NC(=O)C2=CC([N+](=O)[O-])=CCC2C)cc1. The highest BCUT2D eigenvalue weighted by Crippen LogP contribution is 2.25. The third kappa shape index (κ3) is 3.12. The molecule has 0 spiro atoms. The molecule has 0 heterocycles. The van der Waals surface area contributed by atoms with Crippen LogP contribution in [0.4, 0.5) is 5.69 Å². The minimum absolute atomic E-state index is 0.0165. The van der Waals surface area contributed by atoms with Crippen molar-refractivity contribution in [3.63, 3.8) is 0 Å². The van der Waals surface area contributed by atoms with Gasteiger partial charge in [0.2, 0.25) is 0 Å². The summed E-state index contributed by atoms with van der Waals surface area (Å²) in [5, 5.41) is 13.6. The second-order valence-corrected chi connectivity index (χ2v) is 4.94. The summed E-state index contributed by atoms with van der Waals surface area (Å²) in [6.45, 7) is 3.85. The quantitative estimate of drug-likeness (QED) is 0.679. The van der Waals surface area contributed by atoms with Crippen LogP contribution in [-0.2, 0) is 4.79 Å². The van der Waals surface area contributed by atoms with Crippen molar-refractivity contribution < 1.29 is 9.72 Å². The first-order valence-corrected chi connectivity index (χ1v) is 6.41. The number of nitro groups is 1. The van der Waals surface area contributed by atoms with Crippen LogP contribution in [-0.4, -0.2) is 10.8 Å². The van der Waals surface area contributed by atoms with Crippen molar-refractivity contribution in [2.75, 3.05) is 5.32 Å². The summed E-state index contributed by atoms with van der Waals surface area (Å²) in [5.41, 5.74) is 2.22. The van der Waals surface area contributed by atoms with Crippen LogP contribution in [0.5, 0.6) is 0 Å². The van der Waals surface area contributed by atoms with E-state index in [4.69, 9.17) is 0 Å². The van der Waals surface area contributed by atoms with Crippen LogP contribution in [0.15, 0.2) is 47.7 Å². The van der Waals surface area contributed by atoms with E-state index in [0.717, 1.165) is 5.56 Å². The fraction of sp³-hybridized carbons (Fsp3) is 0.267. The first-order chi connectivity index (χ1) is 9.47. The Balaban J connectivity index is 2.17. The van der Waals surface area contributed by atoms with Crippen LogP contribution >= 0.6 is 0 Å². The summed E-state index contributed by atoms with van der Waals surface area (Å²) in [4.78, 5) is 22.5. The van der Waals surface area contributed by atoms with Crippen LogP contribution in [0, 0.1) is 23.0 Å². The van der Waals surface area contributed by atoms with Gasteiger partial charge in [-0.3, -0.25) is 14.9 Å². The molecule has 0 fully saturated rings. The Hall–Kier alpha value is -2.43. The summed E-state index contributed by atoms with van der Waals surface area (Å²) in [7, 11) is 0. The van der Waals surface area contributed by atoms with Gasteiger partial charge in [0.05, 0.1) is 4.92 Å².